The first kappa shape index (κ1) is 21.6. The summed E-state index contributed by atoms with van der Waals surface area (Å²) in [6, 6.07) is 15.2. The largest absolute Gasteiger partial charge is 0.472 e. The first-order valence-corrected chi connectivity index (χ1v) is 10.5. The number of nitrogens with zero attached hydrogens (tertiary/aromatic N) is 3. The topological polar surface area (TPSA) is 38.2 Å². The van der Waals surface area contributed by atoms with Gasteiger partial charge >= 0.3 is 0 Å². The summed E-state index contributed by atoms with van der Waals surface area (Å²) in [6.07, 6.45) is 1.69. The number of benzene rings is 2. The van der Waals surface area contributed by atoms with Crippen molar-refractivity contribution in [1.82, 2.24) is 14.9 Å². The van der Waals surface area contributed by atoms with Crippen molar-refractivity contribution in [2.75, 3.05) is 19.6 Å². The Labute approximate surface area is 182 Å². The number of halogens is 2. The third kappa shape index (κ3) is 5.69. The van der Waals surface area contributed by atoms with Gasteiger partial charge in [0.1, 0.15) is 11.8 Å². The van der Waals surface area contributed by atoms with E-state index in [4.69, 9.17) is 32.9 Å². The predicted molar refractivity (Wildman–Crippen MR) is 121 cm³/mol. The van der Waals surface area contributed by atoms with Crippen LogP contribution in [0.3, 0.4) is 0 Å². The van der Waals surface area contributed by atoms with Crippen molar-refractivity contribution in [1.29, 1.82) is 0 Å². The van der Waals surface area contributed by atoms with Crippen LogP contribution >= 0.6 is 23.2 Å². The number of hydrogen-bond donors (Lipinski definition) is 0. The normalized spacial score (nSPS) is 12.2. The molecule has 0 aliphatic carbocycles. The molecule has 3 aromatic rings. The number of likely N-dealkylation sites (N-methyl/N-ethyl adjacent to an activating group) is 1. The molecule has 3 rings (SSSR count). The zero-order chi connectivity index (χ0) is 20.8. The van der Waals surface area contributed by atoms with E-state index in [-0.39, 0.29) is 6.10 Å². The lowest BCUT2D eigenvalue weighted by molar-refractivity contribution is 0.148. The predicted octanol–water partition coefficient (Wildman–Crippen LogP) is 6.23. The van der Waals surface area contributed by atoms with Crippen LogP contribution in [0.2, 0.25) is 10.0 Å². The molecule has 29 heavy (non-hydrogen) atoms. The smallest absolute Gasteiger partial charge is 0.233 e. The Kier molecular flexibility index (Phi) is 7.48. The Morgan fingerprint density at radius 2 is 1.38 bits per heavy atom. The van der Waals surface area contributed by atoms with Crippen LogP contribution in [-0.2, 0) is 0 Å². The van der Waals surface area contributed by atoms with E-state index in [0.717, 1.165) is 42.1 Å². The van der Waals surface area contributed by atoms with E-state index in [1.54, 1.807) is 6.20 Å². The fourth-order valence-electron chi connectivity index (χ4n) is 3.15. The van der Waals surface area contributed by atoms with Gasteiger partial charge in [0, 0.05) is 27.7 Å². The van der Waals surface area contributed by atoms with Crippen LogP contribution in [0.15, 0.2) is 54.7 Å². The fourth-order valence-corrected chi connectivity index (χ4v) is 3.40. The highest BCUT2D eigenvalue weighted by molar-refractivity contribution is 6.31. The molecule has 1 heterocycles. The Hall–Kier alpha value is -2.14. The minimum Gasteiger partial charge on any atom is -0.472 e. The molecule has 0 saturated carbocycles. The first-order chi connectivity index (χ1) is 14.0. The van der Waals surface area contributed by atoms with Crippen molar-refractivity contribution in [2.45, 2.75) is 26.9 Å². The maximum atomic E-state index is 6.08. The second-order valence-electron chi connectivity index (χ2n) is 6.83. The van der Waals surface area contributed by atoms with Crippen molar-refractivity contribution < 1.29 is 4.74 Å². The van der Waals surface area contributed by atoms with Gasteiger partial charge in [-0.25, -0.2) is 9.97 Å². The molecule has 0 aliphatic heterocycles. The molecule has 0 spiro atoms. The van der Waals surface area contributed by atoms with Crippen LogP contribution in [0.4, 0.5) is 0 Å². The molecule has 0 N–H and O–H groups in total. The van der Waals surface area contributed by atoms with E-state index < -0.39 is 0 Å². The number of rotatable bonds is 8. The van der Waals surface area contributed by atoms with Gasteiger partial charge in [-0.2, -0.15) is 0 Å². The van der Waals surface area contributed by atoms with Crippen molar-refractivity contribution in [3.63, 3.8) is 0 Å². The molecule has 1 aromatic heterocycles. The zero-order valence-electron chi connectivity index (χ0n) is 16.9. The van der Waals surface area contributed by atoms with Gasteiger partial charge in [-0.05, 0) is 44.3 Å². The lowest BCUT2D eigenvalue weighted by Gasteiger charge is -2.23. The van der Waals surface area contributed by atoms with E-state index in [2.05, 4.69) is 30.7 Å². The molecular formula is C23H25Cl2N3O. The van der Waals surface area contributed by atoms with Crippen molar-refractivity contribution in [2.24, 2.45) is 0 Å². The Balaban J connectivity index is 1.95. The van der Waals surface area contributed by atoms with Gasteiger partial charge in [-0.1, -0.05) is 61.3 Å². The van der Waals surface area contributed by atoms with Crippen LogP contribution in [0.1, 0.15) is 20.8 Å². The molecular weight excluding hydrogens is 405 g/mol. The molecule has 4 nitrogen and oxygen atoms in total. The maximum Gasteiger partial charge on any atom is 0.233 e. The lowest BCUT2D eigenvalue weighted by atomic mass is 10.0. The van der Waals surface area contributed by atoms with Crippen LogP contribution in [-0.4, -0.2) is 40.6 Å². The minimum absolute atomic E-state index is 0.00338. The number of hydrogen-bond acceptors (Lipinski definition) is 4. The summed E-state index contributed by atoms with van der Waals surface area (Å²) in [5.41, 5.74) is 3.38. The number of aromatic nitrogens is 2. The molecule has 1 atom stereocenters. The lowest BCUT2D eigenvalue weighted by Crippen LogP contribution is -2.33. The average Bonchev–Trinajstić information content (AvgIpc) is 2.73. The molecule has 1 unspecified atom stereocenters. The summed E-state index contributed by atoms with van der Waals surface area (Å²) in [7, 11) is 0. The highest BCUT2D eigenvalue weighted by Gasteiger charge is 2.15. The molecule has 0 aliphatic rings. The SMILES string of the molecule is CCN(CC)CC(C)Oc1cnc(-c2ccc(Cl)cc2)c(-c2ccc(Cl)cc2)n1. The minimum atomic E-state index is 0.00338. The van der Waals surface area contributed by atoms with E-state index >= 15 is 0 Å². The average molecular weight is 430 g/mol. The molecule has 6 heteroatoms. The summed E-state index contributed by atoms with van der Waals surface area (Å²) in [5.74, 6) is 0.507. The Bertz CT molecular complexity index is 926. The third-order valence-corrected chi connectivity index (χ3v) is 5.22. The molecule has 0 bridgehead atoms. The highest BCUT2D eigenvalue weighted by Crippen LogP contribution is 2.31. The molecule has 2 aromatic carbocycles. The monoisotopic (exact) mass is 429 g/mol. The summed E-state index contributed by atoms with van der Waals surface area (Å²) in [6.45, 7) is 9.16. The summed E-state index contributed by atoms with van der Waals surface area (Å²) < 4.78 is 6.08. The van der Waals surface area contributed by atoms with Crippen LogP contribution in [0, 0.1) is 0 Å². The van der Waals surface area contributed by atoms with E-state index in [9.17, 15) is 0 Å². The molecule has 152 valence electrons. The van der Waals surface area contributed by atoms with Gasteiger partial charge in [-0.15, -0.1) is 0 Å². The zero-order valence-corrected chi connectivity index (χ0v) is 18.4. The van der Waals surface area contributed by atoms with Crippen LogP contribution in [0.25, 0.3) is 22.5 Å². The molecule has 0 saturated heterocycles. The van der Waals surface area contributed by atoms with Gasteiger partial charge in [0.05, 0.1) is 11.9 Å². The standard InChI is InChI=1S/C23H25Cl2N3O/c1-4-28(5-2)15-16(3)29-21-14-26-22(17-6-10-19(24)11-7-17)23(27-21)18-8-12-20(25)13-9-18/h6-14,16H,4-5,15H2,1-3H3. The van der Waals surface area contributed by atoms with Crippen molar-refractivity contribution in [3.8, 4) is 28.4 Å². The molecule has 0 fully saturated rings. The van der Waals surface area contributed by atoms with Crippen LogP contribution in [0.5, 0.6) is 5.88 Å². The van der Waals surface area contributed by atoms with Gasteiger partial charge in [0.15, 0.2) is 0 Å². The first-order valence-electron chi connectivity index (χ1n) is 9.78. The van der Waals surface area contributed by atoms with E-state index in [1.165, 1.54) is 0 Å². The Morgan fingerprint density at radius 3 is 1.90 bits per heavy atom. The summed E-state index contributed by atoms with van der Waals surface area (Å²) >= 11 is 12.1. The highest BCUT2D eigenvalue weighted by atomic mass is 35.5. The van der Waals surface area contributed by atoms with Crippen LogP contribution < -0.4 is 4.74 Å². The van der Waals surface area contributed by atoms with Gasteiger partial charge < -0.3 is 9.64 Å². The quantitative estimate of drug-likeness (QED) is 0.425. The second kappa shape index (κ2) is 10.1. The second-order valence-corrected chi connectivity index (χ2v) is 7.71. The summed E-state index contributed by atoms with van der Waals surface area (Å²) in [5, 5.41) is 1.36. The van der Waals surface area contributed by atoms with E-state index in [0.29, 0.717) is 15.9 Å². The Morgan fingerprint density at radius 1 is 0.862 bits per heavy atom. The number of ether oxygens (including phenoxy) is 1. The summed E-state index contributed by atoms with van der Waals surface area (Å²) in [4.78, 5) is 11.8. The maximum absolute atomic E-state index is 6.08. The van der Waals surface area contributed by atoms with Crippen molar-refractivity contribution >= 4 is 23.2 Å². The van der Waals surface area contributed by atoms with Crippen molar-refractivity contribution in [3.05, 3.63) is 64.8 Å². The van der Waals surface area contributed by atoms with Gasteiger partial charge in [0.25, 0.3) is 0 Å². The van der Waals surface area contributed by atoms with E-state index in [1.807, 2.05) is 48.5 Å². The van der Waals surface area contributed by atoms with Gasteiger partial charge in [0.2, 0.25) is 5.88 Å². The molecule has 0 amide bonds. The fraction of sp³-hybridized carbons (Fsp3) is 0.304. The van der Waals surface area contributed by atoms with Gasteiger partial charge in [-0.3, -0.25) is 0 Å². The third-order valence-electron chi connectivity index (χ3n) is 4.72. The molecule has 0 radical (unpaired) electrons.